The summed E-state index contributed by atoms with van der Waals surface area (Å²) < 4.78 is 0. The lowest BCUT2D eigenvalue weighted by Crippen LogP contribution is -2.42. The smallest absolute Gasteiger partial charge is 0.246 e. The third kappa shape index (κ3) is 3.44. The van der Waals surface area contributed by atoms with Crippen molar-refractivity contribution in [3.8, 4) is 0 Å². The highest BCUT2D eigenvalue weighted by Crippen LogP contribution is 2.31. The van der Waals surface area contributed by atoms with Crippen LogP contribution in [-0.4, -0.2) is 30.1 Å². The zero-order valence-corrected chi connectivity index (χ0v) is 14.0. The normalized spacial score (nSPS) is 22.3. The van der Waals surface area contributed by atoms with Crippen molar-refractivity contribution in [2.24, 2.45) is 11.3 Å². The Kier molecular flexibility index (Phi) is 4.87. The molecule has 2 amide bonds. The Hall–Kier alpha value is -1.92. The Bertz CT molecular complexity index is 638. The Balaban J connectivity index is 1.72. The van der Waals surface area contributed by atoms with Crippen LogP contribution in [0.3, 0.4) is 0 Å². The fourth-order valence-corrected chi connectivity index (χ4v) is 3.64. The zero-order valence-electron chi connectivity index (χ0n) is 14.0. The second-order valence-electron chi connectivity index (χ2n) is 7.16. The van der Waals surface area contributed by atoms with Crippen LogP contribution < -0.4 is 16.1 Å². The van der Waals surface area contributed by atoms with Gasteiger partial charge in [0.05, 0.1) is 0 Å². The minimum absolute atomic E-state index is 0.0596. The van der Waals surface area contributed by atoms with E-state index in [-0.39, 0.29) is 23.1 Å². The molecule has 0 radical (unpaired) electrons. The Morgan fingerprint density at radius 1 is 1.25 bits per heavy atom. The van der Waals surface area contributed by atoms with Gasteiger partial charge in [-0.2, -0.15) is 0 Å². The lowest BCUT2D eigenvalue weighted by Gasteiger charge is -2.32. The van der Waals surface area contributed by atoms with Gasteiger partial charge >= 0.3 is 0 Å². The molecule has 0 spiro atoms. The highest BCUT2D eigenvalue weighted by molar-refractivity contribution is 5.95. The maximum absolute atomic E-state index is 12.6. The van der Waals surface area contributed by atoms with Gasteiger partial charge in [0.25, 0.3) is 0 Å². The van der Waals surface area contributed by atoms with Gasteiger partial charge in [0.15, 0.2) is 0 Å². The van der Waals surface area contributed by atoms with E-state index in [2.05, 4.69) is 10.6 Å². The number of anilines is 1. The van der Waals surface area contributed by atoms with E-state index in [4.69, 9.17) is 5.21 Å². The molecular formula is C18H25N3O3. The minimum atomic E-state index is -0.336. The van der Waals surface area contributed by atoms with Gasteiger partial charge in [-0.3, -0.25) is 14.8 Å². The molecule has 3 rings (SSSR count). The molecule has 1 aliphatic heterocycles. The summed E-state index contributed by atoms with van der Waals surface area (Å²) in [7, 11) is 0. The second kappa shape index (κ2) is 6.91. The van der Waals surface area contributed by atoms with Crippen LogP contribution in [0.25, 0.3) is 0 Å². The predicted molar refractivity (Wildman–Crippen MR) is 90.7 cm³/mol. The molecule has 1 aliphatic carbocycles. The van der Waals surface area contributed by atoms with E-state index in [1.807, 2.05) is 25.1 Å². The minimum Gasteiger partial charge on any atom is -0.326 e. The lowest BCUT2D eigenvalue weighted by molar-refractivity contribution is -0.133. The molecule has 1 heterocycles. The maximum Gasteiger partial charge on any atom is 0.246 e. The van der Waals surface area contributed by atoms with Crippen molar-refractivity contribution < 1.29 is 14.8 Å². The van der Waals surface area contributed by atoms with E-state index >= 15 is 0 Å². The van der Waals surface area contributed by atoms with Gasteiger partial charge in [0.2, 0.25) is 11.8 Å². The number of aryl methyl sites for hydroxylation is 1. The third-order valence-electron chi connectivity index (χ3n) is 5.43. The fraction of sp³-hybridized carbons (Fsp3) is 0.556. The first-order valence-corrected chi connectivity index (χ1v) is 8.60. The summed E-state index contributed by atoms with van der Waals surface area (Å²) in [4.78, 5) is 24.3. The van der Waals surface area contributed by atoms with Gasteiger partial charge in [-0.1, -0.05) is 13.0 Å². The molecule has 1 saturated heterocycles. The number of fused-ring (bicyclic) bond motifs is 1. The van der Waals surface area contributed by atoms with E-state index in [0.717, 1.165) is 50.0 Å². The molecule has 1 atom stereocenters. The lowest BCUT2D eigenvalue weighted by atomic mass is 9.80. The van der Waals surface area contributed by atoms with Crippen molar-refractivity contribution in [1.82, 2.24) is 10.8 Å². The van der Waals surface area contributed by atoms with Crippen LogP contribution in [0.5, 0.6) is 0 Å². The Morgan fingerprint density at radius 2 is 2.00 bits per heavy atom. The molecule has 1 unspecified atom stereocenters. The number of benzene rings is 1. The van der Waals surface area contributed by atoms with Gasteiger partial charge < -0.3 is 10.6 Å². The first-order valence-electron chi connectivity index (χ1n) is 8.60. The number of amides is 2. The molecule has 130 valence electrons. The fourth-order valence-electron chi connectivity index (χ4n) is 3.64. The van der Waals surface area contributed by atoms with Crippen LogP contribution in [0, 0.1) is 11.3 Å². The molecular weight excluding hydrogens is 306 g/mol. The quantitative estimate of drug-likeness (QED) is 0.500. The summed E-state index contributed by atoms with van der Waals surface area (Å²) in [6.07, 6.45) is 3.80. The van der Waals surface area contributed by atoms with Gasteiger partial charge in [-0.05, 0) is 68.5 Å². The van der Waals surface area contributed by atoms with Gasteiger partial charge in [0, 0.05) is 17.0 Å². The molecule has 0 saturated carbocycles. The first-order chi connectivity index (χ1) is 11.5. The maximum atomic E-state index is 12.6. The number of nitrogens with one attached hydrogen (secondary N) is 3. The summed E-state index contributed by atoms with van der Waals surface area (Å²) in [6.45, 7) is 3.75. The van der Waals surface area contributed by atoms with Crippen molar-refractivity contribution in [2.75, 3.05) is 18.4 Å². The molecule has 6 heteroatoms. The number of rotatable bonds is 3. The topological polar surface area (TPSA) is 90.5 Å². The monoisotopic (exact) mass is 331 g/mol. The van der Waals surface area contributed by atoms with Gasteiger partial charge in [0.1, 0.15) is 0 Å². The molecule has 1 aromatic carbocycles. The highest BCUT2D eigenvalue weighted by atomic mass is 16.5. The van der Waals surface area contributed by atoms with E-state index < -0.39 is 0 Å². The SMILES string of the molecule is CC1(C(=O)Nc2ccc3c(c2)CC(C(=O)NO)CC3)CCNCC1. The number of hydrogen-bond donors (Lipinski definition) is 4. The molecule has 24 heavy (non-hydrogen) atoms. The Morgan fingerprint density at radius 3 is 2.71 bits per heavy atom. The summed E-state index contributed by atoms with van der Waals surface area (Å²) in [5, 5.41) is 15.1. The number of piperidine rings is 1. The summed E-state index contributed by atoms with van der Waals surface area (Å²) in [5.41, 5.74) is 4.48. The molecule has 4 N–H and O–H groups in total. The Labute approximate surface area is 142 Å². The average molecular weight is 331 g/mol. The molecule has 1 fully saturated rings. The van der Waals surface area contributed by atoms with E-state index in [9.17, 15) is 9.59 Å². The molecule has 6 nitrogen and oxygen atoms in total. The average Bonchev–Trinajstić information content (AvgIpc) is 2.61. The van der Waals surface area contributed by atoms with Gasteiger partial charge in [-0.25, -0.2) is 5.48 Å². The van der Waals surface area contributed by atoms with E-state index in [1.54, 1.807) is 5.48 Å². The van der Waals surface area contributed by atoms with Crippen LogP contribution >= 0.6 is 0 Å². The van der Waals surface area contributed by atoms with E-state index in [1.165, 1.54) is 5.56 Å². The summed E-state index contributed by atoms with van der Waals surface area (Å²) in [5.74, 6) is -0.489. The molecule has 0 aromatic heterocycles. The van der Waals surface area contributed by atoms with Crippen molar-refractivity contribution in [3.63, 3.8) is 0 Å². The van der Waals surface area contributed by atoms with Crippen molar-refractivity contribution >= 4 is 17.5 Å². The predicted octanol–water partition coefficient (Wildman–Crippen LogP) is 1.63. The second-order valence-corrected chi connectivity index (χ2v) is 7.16. The van der Waals surface area contributed by atoms with Crippen molar-refractivity contribution in [3.05, 3.63) is 29.3 Å². The first kappa shape index (κ1) is 16.9. The van der Waals surface area contributed by atoms with E-state index in [0.29, 0.717) is 6.42 Å². The zero-order chi connectivity index (χ0) is 17.2. The number of hydrogen-bond acceptors (Lipinski definition) is 4. The standard InChI is InChI=1S/C18H25N3O3/c1-18(6-8-19-9-7-18)17(23)20-15-5-4-12-2-3-13(16(22)21-24)10-14(12)11-15/h4-5,11,13,19,24H,2-3,6-10H2,1H3,(H,20,23)(H,21,22). The van der Waals surface area contributed by atoms with Crippen LogP contribution in [-0.2, 0) is 22.4 Å². The van der Waals surface area contributed by atoms with Crippen molar-refractivity contribution in [1.29, 1.82) is 0 Å². The van der Waals surface area contributed by atoms with Crippen LogP contribution in [0.4, 0.5) is 5.69 Å². The largest absolute Gasteiger partial charge is 0.326 e. The third-order valence-corrected chi connectivity index (χ3v) is 5.43. The number of carbonyl (C=O) groups excluding carboxylic acids is 2. The summed E-state index contributed by atoms with van der Waals surface area (Å²) in [6, 6.07) is 5.94. The number of carbonyl (C=O) groups is 2. The number of hydroxylamine groups is 1. The van der Waals surface area contributed by atoms with Crippen molar-refractivity contribution in [2.45, 2.75) is 39.0 Å². The molecule has 2 aliphatic rings. The van der Waals surface area contributed by atoms with Crippen LogP contribution in [0.2, 0.25) is 0 Å². The van der Waals surface area contributed by atoms with Gasteiger partial charge in [-0.15, -0.1) is 0 Å². The van der Waals surface area contributed by atoms with Crippen LogP contribution in [0.1, 0.15) is 37.3 Å². The molecule has 1 aromatic rings. The summed E-state index contributed by atoms with van der Waals surface area (Å²) >= 11 is 0. The van der Waals surface area contributed by atoms with Crippen LogP contribution in [0.15, 0.2) is 18.2 Å². The molecule has 0 bridgehead atoms. The highest BCUT2D eigenvalue weighted by Gasteiger charge is 2.34.